The van der Waals surface area contributed by atoms with Gasteiger partial charge in [0.2, 0.25) is 6.29 Å². The van der Waals surface area contributed by atoms with Crippen LogP contribution in [0.15, 0.2) is 30.3 Å². The predicted molar refractivity (Wildman–Crippen MR) is 51.2 cm³/mol. The van der Waals surface area contributed by atoms with E-state index in [1.807, 2.05) is 30.3 Å². The van der Waals surface area contributed by atoms with E-state index >= 15 is 0 Å². The van der Waals surface area contributed by atoms with Gasteiger partial charge in [0, 0.05) is 0 Å². The molecule has 0 spiro atoms. The van der Waals surface area contributed by atoms with E-state index in [1.165, 1.54) is 0 Å². The number of benzene rings is 1. The fourth-order valence-electron chi connectivity index (χ4n) is 1.06. The van der Waals surface area contributed by atoms with Crippen molar-refractivity contribution in [1.82, 2.24) is 0 Å². The molecule has 3 N–H and O–H groups in total. The van der Waals surface area contributed by atoms with Crippen LogP contribution in [0.3, 0.4) is 0 Å². The van der Waals surface area contributed by atoms with Crippen molar-refractivity contribution in [2.75, 3.05) is 0 Å². The van der Waals surface area contributed by atoms with Crippen molar-refractivity contribution in [3.8, 4) is 0 Å². The Labute approximate surface area is 77.1 Å². The summed E-state index contributed by atoms with van der Waals surface area (Å²) in [6.45, 7) is 0. The van der Waals surface area contributed by atoms with Crippen LogP contribution in [0.25, 0.3) is 0 Å². The molecule has 0 amide bonds. The summed E-state index contributed by atoms with van der Waals surface area (Å²) < 4.78 is 0. The van der Waals surface area contributed by atoms with Gasteiger partial charge >= 0.3 is 0 Å². The molecule has 0 saturated carbocycles. The minimum absolute atomic E-state index is 0.126. The van der Waals surface area contributed by atoms with Crippen molar-refractivity contribution in [2.45, 2.75) is 6.42 Å². The second kappa shape index (κ2) is 4.40. The maximum absolute atomic E-state index is 10.4. The quantitative estimate of drug-likeness (QED) is 0.527. The topological polar surface area (TPSA) is 66.9 Å². The van der Waals surface area contributed by atoms with Crippen LogP contribution in [-0.4, -0.2) is 12.1 Å². The lowest BCUT2D eigenvalue weighted by Crippen LogP contribution is -2.25. The number of nitrogens with two attached hydrogens (primary N) is 1. The second-order valence-corrected chi connectivity index (χ2v) is 2.82. The minimum Gasteiger partial charge on any atom is -0.387 e. The molecule has 1 aromatic carbocycles. The Kier molecular flexibility index (Phi) is 3.20. The lowest BCUT2D eigenvalue weighted by molar-refractivity contribution is 0.541. The maximum atomic E-state index is 10.4. The van der Waals surface area contributed by atoms with Gasteiger partial charge in [-0.25, -0.2) is 0 Å². The van der Waals surface area contributed by atoms with Crippen LogP contribution in [0.1, 0.15) is 5.56 Å². The summed E-state index contributed by atoms with van der Waals surface area (Å²) in [5.74, 6) is -0.735. The average Bonchev–Trinajstić information content (AvgIpc) is 2.15. The zero-order valence-electron chi connectivity index (χ0n) is 7.16. The van der Waals surface area contributed by atoms with E-state index < -0.39 is 5.92 Å². The Hall–Kier alpha value is -1.64. The first-order chi connectivity index (χ1) is 6.24. The van der Waals surface area contributed by atoms with E-state index in [9.17, 15) is 4.79 Å². The molecule has 0 heterocycles. The molecule has 3 nitrogen and oxygen atoms in total. The van der Waals surface area contributed by atoms with E-state index in [2.05, 4.69) is 0 Å². The van der Waals surface area contributed by atoms with Crippen molar-refractivity contribution < 1.29 is 4.79 Å². The van der Waals surface area contributed by atoms with Crippen LogP contribution >= 0.6 is 0 Å². The standard InChI is InChI=1S/C10H11N2O/c11-10(12)9(7-13)6-8-4-2-1-3-5-8/h1-5,9H,6H2,(H3,11,12). The van der Waals surface area contributed by atoms with Gasteiger partial charge in [-0.05, 0) is 12.0 Å². The van der Waals surface area contributed by atoms with E-state index in [1.54, 1.807) is 6.29 Å². The number of carbonyl (C=O) groups excluding carboxylic acids is 1. The summed E-state index contributed by atoms with van der Waals surface area (Å²) in [7, 11) is 0. The highest BCUT2D eigenvalue weighted by atomic mass is 16.1. The molecule has 67 valence electrons. The summed E-state index contributed by atoms with van der Waals surface area (Å²) in [6.07, 6.45) is 2.21. The van der Waals surface area contributed by atoms with Crippen LogP contribution in [0.5, 0.6) is 0 Å². The number of hydrogen-bond donors (Lipinski definition) is 2. The normalized spacial score (nSPS) is 12.0. The molecule has 1 atom stereocenters. The summed E-state index contributed by atoms with van der Waals surface area (Å²) >= 11 is 0. The van der Waals surface area contributed by atoms with Crippen LogP contribution in [0.4, 0.5) is 0 Å². The number of rotatable bonds is 4. The fraction of sp³-hybridized carbons (Fsp3) is 0.200. The van der Waals surface area contributed by atoms with Gasteiger partial charge in [-0.2, -0.15) is 0 Å². The van der Waals surface area contributed by atoms with Crippen molar-refractivity contribution in [1.29, 1.82) is 5.41 Å². The molecule has 1 aromatic rings. The summed E-state index contributed by atoms with van der Waals surface area (Å²) in [4.78, 5) is 10.4. The summed E-state index contributed by atoms with van der Waals surface area (Å²) in [6, 6.07) is 9.46. The first-order valence-electron chi connectivity index (χ1n) is 3.99. The van der Waals surface area contributed by atoms with E-state index in [-0.39, 0.29) is 5.84 Å². The van der Waals surface area contributed by atoms with Crippen molar-refractivity contribution in [2.24, 2.45) is 11.7 Å². The molecule has 1 rings (SSSR count). The molecule has 0 saturated heterocycles. The Balaban J connectivity index is 2.67. The molecule has 1 radical (unpaired) electrons. The summed E-state index contributed by atoms with van der Waals surface area (Å²) in [5, 5.41) is 7.12. The molecule has 0 bridgehead atoms. The van der Waals surface area contributed by atoms with E-state index in [0.717, 1.165) is 5.56 Å². The highest BCUT2D eigenvalue weighted by Gasteiger charge is 2.11. The molecular weight excluding hydrogens is 164 g/mol. The second-order valence-electron chi connectivity index (χ2n) is 2.82. The largest absolute Gasteiger partial charge is 0.387 e. The van der Waals surface area contributed by atoms with Gasteiger partial charge in [0.25, 0.3) is 0 Å². The number of amidine groups is 1. The van der Waals surface area contributed by atoms with Gasteiger partial charge in [0.1, 0.15) is 5.84 Å². The minimum atomic E-state index is -0.609. The van der Waals surface area contributed by atoms with E-state index in [4.69, 9.17) is 11.1 Å². The van der Waals surface area contributed by atoms with Crippen molar-refractivity contribution >= 4 is 12.1 Å². The molecular formula is C10H11N2O. The Bertz CT molecular complexity index is 295. The lowest BCUT2D eigenvalue weighted by atomic mass is 10.00. The van der Waals surface area contributed by atoms with Crippen LogP contribution in [0, 0.1) is 11.3 Å². The molecule has 0 aliphatic carbocycles. The Morgan fingerprint density at radius 2 is 2.08 bits per heavy atom. The molecule has 0 aromatic heterocycles. The highest BCUT2D eigenvalue weighted by molar-refractivity contribution is 5.92. The molecule has 3 heteroatoms. The fourth-order valence-corrected chi connectivity index (χ4v) is 1.06. The SMILES string of the molecule is N=C(N)C([C]=O)Cc1ccccc1. The van der Waals surface area contributed by atoms with Crippen LogP contribution in [-0.2, 0) is 11.2 Å². The van der Waals surface area contributed by atoms with Gasteiger partial charge in [0.15, 0.2) is 0 Å². The lowest BCUT2D eigenvalue weighted by Gasteiger charge is -2.06. The van der Waals surface area contributed by atoms with Gasteiger partial charge < -0.3 is 5.73 Å². The molecule has 0 fully saturated rings. The third kappa shape index (κ3) is 2.71. The van der Waals surface area contributed by atoms with Gasteiger partial charge in [-0.1, -0.05) is 30.3 Å². The van der Waals surface area contributed by atoms with Gasteiger partial charge in [-0.15, -0.1) is 0 Å². The third-order valence-electron chi connectivity index (χ3n) is 1.80. The van der Waals surface area contributed by atoms with Crippen molar-refractivity contribution in [3.05, 3.63) is 35.9 Å². The molecule has 0 aliphatic rings. The Morgan fingerprint density at radius 3 is 2.54 bits per heavy atom. The molecule has 13 heavy (non-hydrogen) atoms. The first kappa shape index (κ1) is 9.45. The first-order valence-corrected chi connectivity index (χ1v) is 3.99. The Morgan fingerprint density at radius 1 is 1.46 bits per heavy atom. The van der Waals surface area contributed by atoms with Gasteiger partial charge in [-0.3, -0.25) is 10.2 Å². The molecule has 0 aliphatic heterocycles. The van der Waals surface area contributed by atoms with Crippen LogP contribution < -0.4 is 5.73 Å². The molecule has 1 unspecified atom stereocenters. The zero-order chi connectivity index (χ0) is 9.68. The monoisotopic (exact) mass is 175 g/mol. The van der Waals surface area contributed by atoms with E-state index in [0.29, 0.717) is 6.42 Å². The number of nitrogens with one attached hydrogen (secondary N) is 1. The maximum Gasteiger partial charge on any atom is 0.210 e. The van der Waals surface area contributed by atoms with Crippen molar-refractivity contribution in [3.63, 3.8) is 0 Å². The third-order valence-corrected chi connectivity index (χ3v) is 1.80. The zero-order valence-corrected chi connectivity index (χ0v) is 7.16. The van der Waals surface area contributed by atoms with Gasteiger partial charge in [0.05, 0.1) is 5.92 Å². The highest BCUT2D eigenvalue weighted by Crippen LogP contribution is 2.06. The van der Waals surface area contributed by atoms with Crippen LogP contribution in [0.2, 0.25) is 0 Å². The average molecular weight is 175 g/mol. The predicted octanol–water partition coefficient (Wildman–Crippen LogP) is 0.891. The summed E-state index contributed by atoms with van der Waals surface area (Å²) in [5.41, 5.74) is 6.21. The number of hydrogen-bond acceptors (Lipinski definition) is 2. The smallest absolute Gasteiger partial charge is 0.210 e.